The van der Waals surface area contributed by atoms with Crippen molar-refractivity contribution in [2.45, 2.75) is 37.6 Å². The number of nitrogens with zero attached hydrogens (tertiary/aromatic N) is 6. The van der Waals surface area contributed by atoms with Crippen LogP contribution in [0.5, 0.6) is 0 Å². The molecule has 1 saturated carbocycles. The molecule has 7 heteroatoms. The fourth-order valence-corrected chi connectivity index (χ4v) is 4.09. The van der Waals surface area contributed by atoms with Crippen molar-refractivity contribution in [3.63, 3.8) is 0 Å². The number of rotatable bonds is 5. The zero-order valence-corrected chi connectivity index (χ0v) is 14.8. The quantitative estimate of drug-likeness (QED) is 0.822. The molecule has 0 aromatic carbocycles. The maximum Gasteiger partial charge on any atom is 0.178 e. The largest absolute Gasteiger partial charge is 0.381 e. The van der Waals surface area contributed by atoms with E-state index in [2.05, 4.69) is 33.1 Å². The van der Waals surface area contributed by atoms with Crippen LogP contribution in [0.4, 0.5) is 5.82 Å². The first-order valence-electron chi connectivity index (χ1n) is 9.53. The van der Waals surface area contributed by atoms with Gasteiger partial charge in [-0.3, -0.25) is 4.90 Å². The van der Waals surface area contributed by atoms with Gasteiger partial charge in [0.25, 0.3) is 0 Å². The van der Waals surface area contributed by atoms with Gasteiger partial charge in [-0.2, -0.15) is 4.52 Å². The van der Waals surface area contributed by atoms with Crippen molar-refractivity contribution in [3.8, 4) is 0 Å². The Kier molecular flexibility index (Phi) is 3.86. The van der Waals surface area contributed by atoms with E-state index in [9.17, 15) is 0 Å². The van der Waals surface area contributed by atoms with Crippen LogP contribution in [0.25, 0.3) is 5.65 Å². The van der Waals surface area contributed by atoms with Crippen LogP contribution in [-0.2, 0) is 4.74 Å². The second kappa shape index (κ2) is 6.21. The molecule has 1 aliphatic carbocycles. The molecule has 0 amide bonds. The Balaban J connectivity index is 1.25. The summed E-state index contributed by atoms with van der Waals surface area (Å²) < 4.78 is 7.46. The van der Waals surface area contributed by atoms with Gasteiger partial charge in [-0.25, -0.2) is 0 Å². The van der Waals surface area contributed by atoms with Crippen molar-refractivity contribution in [3.05, 3.63) is 18.0 Å². The molecule has 5 rings (SSSR count). The van der Waals surface area contributed by atoms with Gasteiger partial charge in [0.15, 0.2) is 11.5 Å². The van der Waals surface area contributed by atoms with Crippen LogP contribution in [0.1, 0.15) is 37.4 Å². The number of aromatic nitrogens is 4. The highest BCUT2D eigenvalue weighted by Gasteiger charge is 2.33. The first-order chi connectivity index (χ1) is 12.3. The number of likely N-dealkylation sites (N-methyl/N-ethyl adjacent to an activating group) is 1. The monoisotopic (exact) mass is 342 g/mol. The average molecular weight is 342 g/mol. The van der Waals surface area contributed by atoms with Gasteiger partial charge in [-0.1, -0.05) is 6.42 Å². The molecule has 0 bridgehead atoms. The van der Waals surface area contributed by atoms with E-state index in [0.29, 0.717) is 17.9 Å². The van der Waals surface area contributed by atoms with Crippen LogP contribution in [0, 0.1) is 5.92 Å². The molecule has 2 aromatic heterocycles. The van der Waals surface area contributed by atoms with Gasteiger partial charge in [0.05, 0.1) is 6.61 Å². The van der Waals surface area contributed by atoms with Crippen LogP contribution < -0.4 is 4.90 Å². The summed E-state index contributed by atoms with van der Waals surface area (Å²) in [4.78, 5) is 4.85. The molecule has 1 unspecified atom stereocenters. The molecule has 2 aromatic rings. The molecular formula is C18H26N6O. The fourth-order valence-electron chi connectivity index (χ4n) is 4.09. The van der Waals surface area contributed by atoms with E-state index in [1.54, 1.807) is 0 Å². The first-order valence-corrected chi connectivity index (χ1v) is 9.53. The SMILES string of the molecule is CN(CC1CCOC1)C1CN(c2ccc3nnc(C4CCC4)n3n2)C1. The van der Waals surface area contributed by atoms with E-state index in [4.69, 9.17) is 9.84 Å². The van der Waals surface area contributed by atoms with Crippen LogP contribution in [0.3, 0.4) is 0 Å². The summed E-state index contributed by atoms with van der Waals surface area (Å²) in [6.07, 6.45) is 4.93. The first kappa shape index (κ1) is 15.5. The molecule has 0 radical (unpaired) electrons. The third kappa shape index (κ3) is 2.79. The molecule has 0 N–H and O–H groups in total. The third-order valence-corrected chi connectivity index (χ3v) is 6.12. The van der Waals surface area contributed by atoms with Gasteiger partial charge in [0.1, 0.15) is 5.82 Å². The minimum atomic E-state index is 0.543. The van der Waals surface area contributed by atoms with Crippen LogP contribution in [0.15, 0.2) is 12.1 Å². The summed E-state index contributed by atoms with van der Waals surface area (Å²) in [5.41, 5.74) is 0.862. The Hall–Kier alpha value is -1.73. The second-order valence-corrected chi connectivity index (χ2v) is 7.88. The summed E-state index contributed by atoms with van der Waals surface area (Å²) in [7, 11) is 2.24. The average Bonchev–Trinajstić information content (AvgIpc) is 3.14. The van der Waals surface area contributed by atoms with E-state index in [1.165, 1.54) is 25.7 Å². The highest BCUT2D eigenvalue weighted by molar-refractivity contribution is 5.48. The Morgan fingerprint density at radius 2 is 2.08 bits per heavy atom. The summed E-state index contributed by atoms with van der Waals surface area (Å²) in [6, 6.07) is 4.74. The van der Waals surface area contributed by atoms with Crippen molar-refractivity contribution >= 4 is 11.5 Å². The number of ether oxygens (including phenoxy) is 1. The lowest BCUT2D eigenvalue weighted by atomic mass is 9.85. The number of fused-ring (bicyclic) bond motifs is 1. The summed E-state index contributed by atoms with van der Waals surface area (Å²) in [5, 5.41) is 13.5. The van der Waals surface area contributed by atoms with E-state index in [1.807, 2.05) is 10.6 Å². The van der Waals surface area contributed by atoms with Gasteiger partial charge < -0.3 is 9.64 Å². The standard InChI is InChI=1S/C18H26N6O/c1-22(9-13-7-8-25-12-13)15-10-23(11-15)17-6-5-16-19-20-18(24(16)21-17)14-3-2-4-14/h5-6,13-15H,2-4,7-12H2,1H3. The summed E-state index contributed by atoms with van der Waals surface area (Å²) in [6.45, 7) is 5.09. The molecule has 0 spiro atoms. The predicted molar refractivity (Wildman–Crippen MR) is 94.9 cm³/mol. The Labute approximate surface area is 148 Å². The van der Waals surface area contributed by atoms with Crippen LogP contribution in [-0.4, -0.2) is 70.6 Å². The topological polar surface area (TPSA) is 58.8 Å². The highest BCUT2D eigenvalue weighted by Crippen LogP contribution is 2.35. The van der Waals surface area contributed by atoms with Gasteiger partial charge in [-0.05, 0) is 44.4 Å². The summed E-state index contributed by atoms with van der Waals surface area (Å²) >= 11 is 0. The predicted octanol–water partition coefficient (Wildman–Crippen LogP) is 1.55. The van der Waals surface area contributed by atoms with Crippen molar-refractivity contribution < 1.29 is 4.74 Å². The molecule has 3 fully saturated rings. The number of hydrogen-bond acceptors (Lipinski definition) is 6. The lowest BCUT2D eigenvalue weighted by Gasteiger charge is -2.45. The zero-order chi connectivity index (χ0) is 16.8. The van der Waals surface area contributed by atoms with E-state index in [0.717, 1.165) is 50.1 Å². The molecule has 7 nitrogen and oxygen atoms in total. The molecule has 134 valence electrons. The van der Waals surface area contributed by atoms with E-state index in [-0.39, 0.29) is 0 Å². The maximum atomic E-state index is 5.50. The van der Waals surface area contributed by atoms with Gasteiger partial charge in [0.2, 0.25) is 0 Å². The minimum absolute atomic E-state index is 0.543. The van der Waals surface area contributed by atoms with Gasteiger partial charge in [-0.15, -0.1) is 15.3 Å². The van der Waals surface area contributed by atoms with Gasteiger partial charge in [0, 0.05) is 38.2 Å². The molecule has 4 heterocycles. The highest BCUT2D eigenvalue weighted by atomic mass is 16.5. The molecular weight excluding hydrogens is 316 g/mol. The normalized spacial score (nSPS) is 24.9. The van der Waals surface area contributed by atoms with Gasteiger partial charge >= 0.3 is 0 Å². The van der Waals surface area contributed by atoms with Crippen LogP contribution >= 0.6 is 0 Å². The molecule has 2 aliphatic heterocycles. The summed E-state index contributed by atoms with van der Waals surface area (Å²) in [5.74, 6) is 3.33. The molecule has 25 heavy (non-hydrogen) atoms. The smallest absolute Gasteiger partial charge is 0.178 e. The molecule has 2 saturated heterocycles. The Morgan fingerprint density at radius 1 is 1.20 bits per heavy atom. The Bertz CT molecular complexity index is 745. The minimum Gasteiger partial charge on any atom is -0.381 e. The second-order valence-electron chi connectivity index (χ2n) is 7.88. The fraction of sp³-hybridized carbons (Fsp3) is 0.722. The Morgan fingerprint density at radius 3 is 2.80 bits per heavy atom. The van der Waals surface area contributed by atoms with Crippen molar-refractivity contribution in [2.75, 3.05) is 44.8 Å². The maximum absolute atomic E-state index is 5.50. The zero-order valence-electron chi connectivity index (χ0n) is 14.8. The lowest BCUT2D eigenvalue weighted by molar-refractivity contribution is 0.149. The molecule has 1 atom stereocenters. The van der Waals surface area contributed by atoms with Crippen molar-refractivity contribution in [2.24, 2.45) is 5.92 Å². The number of anilines is 1. The van der Waals surface area contributed by atoms with Crippen molar-refractivity contribution in [1.29, 1.82) is 0 Å². The molecule has 3 aliphatic rings. The van der Waals surface area contributed by atoms with Crippen LogP contribution in [0.2, 0.25) is 0 Å². The van der Waals surface area contributed by atoms with E-state index < -0.39 is 0 Å². The number of hydrogen-bond donors (Lipinski definition) is 0. The third-order valence-electron chi connectivity index (χ3n) is 6.12. The van der Waals surface area contributed by atoms with Crippen molar-refractivity contribution in [1.82, 2.24) is 24.7 Å². The lowest BCUT2D eigenvalue weighted by Crippen LogP contribution is -2.59. The van der Waals surface area contributed by atoms with E-state index >= 15 is 0 Å².